The summed E-state index contributed by atoms with van der Waals surface area (Å²) >= 11 is 0. The van der Waals surface area contributed by atoms with Crippen molar-refractivity contribution in [1.29, 1.82) is 0 Å². The quantitative estimate of drug-likeness (QED) is 0.822. The number of ether oxygens (including phenoxy) is 1. The Hall–Kier alpha value is -0.120. The van der Waals surface area contributed by atoms with Gasteiger partial charge in [0.25, 0.3) is 0 Å². The molecule has 0 aromatic heterocycles. The minimum absolute atomic E-state index is 0.0351. The van der Waals surface area contributed by atoms with Crippen LogP contribution in [0.5, 0.6) is 0 Å². The fourth-order valence-electron chi connectivity index (χ4n) is 3.66. The van der Waals surface area contributed by atoms with E-state index in [1.54, 1.807) is 0 Å². The maximum atomic E-state index is 10.3. The van der Waals surface area contributed by atoms with Crippen LogP contribution in [-0.2, 0) is 4.74 Å². The first-order valence-electron chi connectivity index (χ1n) is 6.84. The molecule has 1 N–H and O–H groups in total. The zero-order valence-corrected chi connectivity index (χ0v) is 11.9. The minimum Gasteiger partial charge on any atom is -0.387 e. The third kappa shape index (κ3) is 2.51. The second kappa shape index (κ2) is 3.94. The molecule has 0 amide bonds. The largest absolute Gasteiger partial charge is 0.387 e. The van der Waals surface area contributed by atoms with Gasteiger partial charge in [0.15, 0.2) is 0 Å². The Kier molecular flexibility index (Phi) is 3.08. The fourth-order valence-corrected chi connectivity index (χ4v) is 3.66. The van der Waals surface area contributed by atoms with E-state index in [4.69, 9.17) is 4.74 Å². The molecule has 2 aliphatic heterocycles. The third-order valence-corrected chi connectivity index (χ3v) is 4.18. The van der Waals surface area contributed by atoms with Crippen molar-refractivity contribution in [2.24, 2.45) is 0 Å². The van der Waals surface area contributed by atoms with Crippen LogP contribution >= 0.6 is 0 Å². The lowest BCUT2D eigenvalue weighted by Crippen LogP contribution is -2.67. The molecule has 3 nitrogen and oxygen atoms in total. The molecule has 0 aliphatic carbocycles. The van der Waals surface area contributed by atoms with Crippen molar-refractivity contribution in [2.75, 3.05) is 13.1 Å². The van der Waals surface area contributed by atoms with Crippen LogP contribution in [0.25, 0.3) is 0 Å². The summed E-state index contributed by atoms with van der Waals surface area (Å²) in [4.78, 5) is 2.39. The van der Waals surface area contributed by atoms with Gasteiger partial charge in [0, 0.05) is 19.1 Å². The van der Waals surface area contributed by atoms with Gasteiger partial charge in [0.2, 0.25) is 0 Å². The second-order valence-corrected chi connectivity index (χ2v) is 7.06. The van der Waals surface area contributed by atoms with E-state index in [1.807, 2.05) is 0 Å². The number of likely N-dealkylation sites (tertiary alicyclic amines) is 1. The molecule has 0 saturated carbocycles. The van der Waals surface area contributed by atoms with Gasteiger partial charge in [-0.2, -0.15) is 0 Å². The molecule has 2 fully saturated rings. The molecule has 0 spiro atoms. The van der Waals surface area contributed by atoms with E-state index in [0.717, 1.165) is 32.4 Å². The van der Waals surface area contributed by atoms with E-state index < -0.39 is 5.60 Å². The van der Waals surface area contributed by atoms with Crippen molar-refractivity contribution in [3.8, 4) is 0 Å². The van der Waals surface area contributed by atoms with Gasteiger partial charge in [-0.05, 0) is 40.5 Å². The molecule has 17 heavy (non-hydrogen) atoms. The van der Waals surface area contributed by atoms with Gasteiger partial charge >= 0.3 is 0 Å². The Labute approximate surface area is 105 Å². The molecule has 0 aromatic carbocycles. The normalized spacial score (nSPS) is 34.6. The Morgan fingerprint density at radius 1 is 1.24 bits per heavy atom. The molecule has 2 rings (SSSR count). The van der Waals surface area contributed by atoms with Gasteiger partial charge < -0.3 is 9.84 Å². The van der Waals surface area contributed by atoms with E-state index in [2.05, 4.69) is 39.5 Å². The summed E-state index contributed by atoms with van der Waals surface area (Å²) in [7, 11) is 0. The first kappa shape index (κ1) is 13.3. The average Bonchev–Trinajstić information content (AvgIpc) is 2.30. The predicted molar refractivity (Wildman–Crippen MR) is 69.1 cm³/mol. The van der Waals surface area contributed by atoms with Crippen molar-refractivity contribution in [3.63, 3.8) is 0 Å². The smallest absolute Gasteiger partial charge is 0.0900 e. The maximum absolute atomic E-state index is 10.3. The summed E-state index contributed by atoms with van der Waals surface area (Å²) in [6.07, 6.45) is 3.03. The minimum atomic E-state index is -0.433. The second-order valence-electron chi connectivity index (χ2n) is 7.06. The topological polar surface area (TPSA) is 32.7 Å². The van der Waals surface area contributed by atoms with Crippen LogP contribution < -0.4 is 0 Å². The molecule has 2 aliphatic rings. The van der Waals surface area contributed by atoms with E-state index >= 15 is 0 Å². The van der Waals surface area contributed by atoms with Crippen LogP contribution in [0.3, 0.4) is 0 Å². The number of aliphatic hydroxyl groups is 1. The van der Waals surface area contributed by atoms with Crippen LogP contribution in [0.2, 0.25) is 0 Å². The van der Waals surface area contributed by atoms with Crippen molar-refractivity contribution in [1.82, 2.24) is 4.90 Å². The Morgan fingerprint density at radius 3 is 2.24 bits per heavy atom. The highest BCUT2D eigenvalue weighted by Crippen LogP contribution is 2.43. The number of hydrogen-bond donors (Lipinski definition) is 1. The average molecular weight is 241 g/mol. The van der Waals surface area contributed by atoms with E-state index in [0.29, 0.717) is 6.04 Å². The predicted octanol–water partition coefficient (Wildman–Crippen LogP) is 2.18. The van der Waals surface area contributed by atoms with Crippen molar-refractivity contribution < 1.29 is 9.84 Å². The summed E-state index contributed by atoms with van der Waals surface area (Å²) in [6, 6.07) is 0.439. The van der Waals surface area contributed by atoms with Crippen LogP contribution in [0, 0.1) is 0 Å². The number of hydrogen-bond acceptors (Lipinski definition) is 3. The summed E-state index contributed by atoms with van der Waals surface area (Å²) in [5.41, 5.74) is -0.568. The molecule has 0 radical (unpaired) electrons. The van der Waals surface area contributed by atoms with Crippen LogP contribution in [0.4, 0.5) is 0 Å². The summed E-state index contributed by atoms with van der Waals surface area (Å²) in [5.74, 6) is 0. The Morgan fingerprint density at radius 2 is 1.82 bits per heavy atom. The summed E-state index contributed by atoms with van der Waals surface area (Å²) in [6.45, 7) is 12.4. The highest BCUT2D eigenvalue weighted by atomic mass is 16.5. The number of nitrogens with zero attached hydrogens (tertiary/aromatic N) is 1. The lowest BCUT2D eigenvalue weighted by molar-refractivity contribution is -0.145. The highest BCUT2D eigenvalue weighted by molar-refractivity contribution is 5.07. The molecule has 1 atom stereocenters. The Bertz CT molecular complexity index is 293. The first-order valence-corrected chi connectivity index (χ1v) is 6.84. The molecule has 100 valence electrons. The molecule has 1 unspecified atom stereocenters. The molecule has 3 heteroatoms. The SMILES string of the molecule is CCCC1(O)CN(C2CC(C)(C)OC2(C)C)C1. The van der Waals surface area contributed by atoms with Crippen LogP contribution in [-0.4, -0.2) is 45.9 Å². The van der Waals surface area contributed by atoms with Crippen molar-refractivity contribution >= 4 is 0 Å². The Balaban J connectivity index is 1.97. The van der Waals surface area contributed by atoms with Gasteiger partial charge in [0.1, 0.15) is 0 Å². The van der Waals surface area contributed by atoms with Gasteiger partial charge in [-0.15, -0.1) is 0 Å². The molecule has 0 aromatic rings. The lowest BCUT2D eigenvalue weighted by Gasteiger charge is -2.51. The zero-order chi connectivity index (χ0) is 12.9. The van der Waals surface area contributed by atoms with Gasteiger partial charge in [-0.25, -0.2) is 0 Å². The van der Waals surface area contributed by atoms with E-state index in [9.17, 15) is 5.11 Å². The maximum Gasteiger partial charge on any atom is 0.0900 e. The number of β-amino-alcohol motifs (C(OH)–C–C–N with tert-alkyl or cyclic N) is 1. The molecular weight excluding hydrogens is 214 g/mol. The molecule has 0 bridgehead atoms. The zero-order valence-electron chi connectivity index (χ0n) is 11.9. The molecular formula is C14H27NO2. The van der Waals surface area contributed by atoms with Gasteiger partial charge in [-0.1, -0.05) is 13.3 Å². The lowest BCUT2D eigenvalue weighted by atomic mass is 9.83. The van der Waals surface area contributed by atoms with Crippen LogP contribution in [0.15, 0.2) is 0 Å². The van der Waals surface area contributed by atoms with Crippen molar-refractivity contribution in [2.45, 2.75) is 76.7 Å². The van der Waals surface area contributed by atoms with Gasteiger partial charge in [-0.3, -0.25) is 4.90 Å². The molecule has 2 saturated heterocycles. The fraction of sp³-hybridized carbons (Fsp3) is 1.00. The third-order valence-electron chi connectivity index (χ3n) is 4.18. The van der Waals surface area contributed by atoms with Gasteiger partial charge in [0.05, 0.1) is 16.8 Å². The van der Waals surface area contributed by atoms with E-state index in [-0.39, 0.29) is 11.2 Å². The standard InChI is InChI=1S/C14H27NO2/c1-6-7-14(16)9-15(10-14)11-8-12(2,3)17-13(11,4)5/h11,16H,6-10H2,1-5H3. The summed E-state index contributed by atoms with van der Waals surface area (Å²) < 4.78 is 6.11. The van der Waals surface area contributed by atoms with Crippen LogP contribution in [0.1, 0.15) is 53.9 Å². The summed E-state index contributed by atoms with van der Waals surface area (Å²) in [5, 5.41) is 10.3. The monoisotopic (exact) mass is 241 g/mol. The molecule has 2 heterocycles. The number of rotatable bonds is 3. The van der Waals surface area contributed by atoms with Crippen molar-refractivity contribution in [3.05, 3.63) is 0 Å². The van der Waals surface area contributed by atoms with E-state index in [1.165, 1.54) is 0 Å². The first-order chi connectivity index (χ1) is 7.68. The highest BCUT2D eigenvalue weighted by Gasteiger charge is 2.53.